The number of piperidine rings is 1. The molecule has 1 fully saturated rings. The molecule has 0 spiro atoms. The van der Waals surface area contributed by atoms with Crippen molar-refractivity contribution >= 4 is 21.6 Å². The number of ether oxygens (including phenoxy) is 1. The van der Waals surface area contributed by atoms with Crippen LogP contribution in [0.25, 0.3) is 10.2 Å². The van der Waals surface area contributed by atoms with E-state index in [2.05, 4.69) is 37.4 Å². The molecule has 0 radical (unpaired) electrons. The number of benzene rings is 1. The Morgan fingerprint density at radius 3 is 2.95 bits per heavy atom. The van der Waals surface area contributed by atoms with Crippen molar-refractivity contribution in [2.45, 2.75) is 45.1 Å². The van der Waals surface area contributed by atoms with Crippen LogP contribution in [0.4, 0.5) is 0 Å². The molecule has 1 atom stereocenters. The molecule has 0 amide bonds. The third-order valence-electron chi connectivity index (χ3n) is 4.01. The van der Waals surface area contributed by atoms with E-state index in [1.54, 1.807) is 11.3 Å². The van der Waals surface area contributed by atoms with E-state index >= 15 is 0 Å². The Labute approximate surface area is 124 Å². The number of fused-ring (bicyclic) bond motifs is 1. The number of nitrogens with one attached hydrogen (secondary N) is 1. The molecular weight excluding hydrogens is 268 g/mol. The second-order valence-corrected chi connectivity index (χ2v) is 6.59. The Bertz CT molecular complexity index is 575. The highest BCUT2D eigenvalue weighted by Gasteiger charge is 2.18. The fraction of sp³-hybridized carbons (Fsp3) is 0.562. The zero-order valence-electron chi connectivity index (χ0n) is 12.2. The Kier molecular flexibility index (Phi) is 4.22. The molecule has 0 saturated carbocycles. The molecule has 1 saturated heterocycles. The van der Waals surface area contributed by atoms with E-state index < -0.39 is 0 Å². The molecule has 2 heterocycles. The molecule has 0 bridgehead atoms. The second kappa shape index (κ2) is 6.10. The fourth-order valence-electron chi connectivity index (χ4n) is 2.51. The molecule has 3 nitrogen and oxygen atoms in total. The number of rotatable bonds is 4. The minimum atomic E-state index is 0.329. The highest BCUT2D eigenvalue weighted by atomic mass is 32.1. The number of hydrogen-bond acceptors (Lipinski definition) is 4. The maximum atomic E-state index is 6.20. The van der Waals surface area contributed by atoms with E-state index in [9.17, 15) is 0 Å². The van der Waals surface area contributed by atoms with Gasteiger partial charge in [-0.1, -0.05) is 19.9 Å². The van der Waals surface area contributed by atoms with Gasteiger partial charge in [0.25, 0.3) is 0 Å². The average molecular weight is 290 g/mol. The summed E-state index contributed by atoms with van der Waals surface area (Å²) < 4.78 is 7.44. The summed E-state index contributed by atoms with van der Waals surface area (Å²) in [6, 6.07) is 6.29. The Morgan fingerprint density at radius 1 is 1.40 bits per heavy atom. The van der Waals surface area contributed by atoms with Crippen LogP contribution in [-0.4, -0.2) is 24.2 Å². The first-order chi connectivity index (χ1) is 9.78. The first kappa shape index (κ1) is 13.8. The molecule has 1 unspecified atom stereocenters. The quantitative estimate of drug-likeness (QED) is 0.926. The molecule has 1 aliphatic rings. The van der Waals surface area contributed by atoms with Crippen molar-refractivity contribution < 1.29 is 4.74 Å². The SMILES string of the molecule is CCC(C)c1nc2c(OC3CCNCC3)cccc2s1. The minimum absolute atomic E-state index is 0.329. The van der Waals surface area contributed by atoms with Crippen LogP contribution < -0.4 is 10.1 Å². The van der Waals surface area contributed by atoms with E-state index in [1.807, 2.05) is 0 Å². The molecule has 1 aromatic carbocycles. The van der Waals surface area contributed by atoms with E-state index in [-0.39, 0.29) is 0 Å². The van der Waals surface area contributed by atoms with Crippen molar-refractivity contribution in [1.29, 1.82) is 0 Å². The largest absolute Gasteiger partial charge is 0.488 e. The van der Waals surface area contributed by atoms with Crippen molar-refractivity contribution in [2.24, 2.45) is 0 Å². The summed E-state index contributed by atoms with van der Waals surface area (Å²) >= 11 is 1.80. The van der Waals surface area contributed by atoms with Crippen LogP contribution in [0.15, 0.2) is 18.2 Å². The number of aromatic nitrogens is 1. The Hall–Kier alpha value is -1.13. The summed E-state index contributed by atoms with van der Waals surface area (Å²) in [5, 5.41) is 4.60. The predicted molar refractivity (Wildman–Crippen MR) is 84.8 cm³/mol. The first-order valence-corrected chi connectivity index (χ1v) is 8.36. The molecule has 1 aliphatic heterocycles. The van der Waals surface area contributed by atoms with Gasteiger partial charge in [-0.05, 0) is 44.5 Å². The van der Waals surface area contributed by atoms with Gasteiger partial charge in [-0.2, -0.15) is 0 Å². The lowest BCUT2D eigenvalue weighted by molar-refractivity contribution is 0.164. The smallest absolute Gasteiger partial charge is 0.146 e. The van der Waals surface area contributed by atoms with E-state index in [0.717, 1.165) is 43.6 Å². The van der Waals surface area contributed by atoms with E-state index in [0.29, 0.717) is 12.0 Å². The van der Waals surface area contributed by atoms with Gasteiger partial charge in [0.2, 0.25) is 0 Å². The van der Waals surface area contributed by atoms with Gasteiger partial charge < -0.3 is 10.1 Å². The number of nitrogens with zero attached hydrogens (tertiary/aromatic N) is 1. The van der Waals surface area contributed by atoms with Gasteiger partial charge in [0.15, 0.2) is 0 Å². The molecular formula is C16H22N2OS. The van der Waals surface area contributed by atoms with Crippen LogP contribution in [0, 0.1) is 0 Å². The number of thiazole rings is 1. The van der Waals surface area contributed by atoms with E-state index in [1.165, 1.54) is 9.71 Å². The van der Waals surface area contributed by atoms with Gasteiger partial charge in [0.05, 0.1) is 9.71 Å². The summed E-state index contributed by atoms with van der Waals surface area (Å²) in [6.45, 7) is 6.56. The van der Waals surface area contributed by atoms with Gasteiger partial charge in [-0.15, -0.1) is 11.3 Å². The number of hydrogen-bond donors (Lipinski definition) is 1. The molecule has 2 aromatic rings. The summed E-state index contributed by atoms with van der Waals surface area (Å²) in [4.78, 5) is 4.83. The molecule has 108 valence electrons. The van der Waals surface area contributed by atoms with Gasteiger partial charge in [0, 0.05) is 5.92 Å². The Morgan fingerprint density at radius 2 is 2.20 bits per heavy atom. The highest BCUT2D eigenvalue weighted by molar-refractivity contribution is 7.18. The minimum Gasteiger partial charge on any atom is -0.488 e. The lowest BCUT2D eigenvalue weighted by atomic mass is 10.1. The van der Waals surface area contributed by atoms with Crippen molar-refractivity contribution in [3.8, 4) is 5.75 Å². The Balaban J connectivity index is 1.88. The summed E-state index contributed by atoms with van der Waals surface area (Å²) in [6.07, 6.45) is 3.62. The van der Waals surface area contributed by atoms with E-state index in [4.69, 9.17) is 9.72 Å². The van der Waals surface area contributed by atoms with Crippen LogP contribution in [-0.2, 0) is 0 Å². The van der Waals surface area contributed by atoms with Crippen LogP contribution >= 0.6 is 11.3 Å². The van der Waals surface area contributed by atoms with Gasteiger partial charge in [-0.3, -0.25) is 0 Å². The zero-order chi connectivity index (χ0) is 13.9. The maximum absolute atomic E-state index is 6.20. The highest BCUT2D eigenvalue weighted by Crippen LogP contribution is 2.34. The molecule has 0 aliphatic carbocycles. The van der Waals surface area contributed by atoms with Crippen molar-refractivity contribution in [2.75, 3.05) is 13.1 Å². The van der Waals surface area contributed by atoms with Crippen molar-refractivity contribution in [1.82, 2.24) is 10.3 Å². The molecule has 3 rings (SSSR count). The fourth-order valence-corrected chi connectivity index (χ4v) is 3.63. The summed E-state index contributed by atoms with van der Waals surface area (Å²) in [5.41, 5.74) is 1.05. The normalized spacial score (nSPS) is 18.3. The first-order valence-electron chi connectivity index (χ1n) is 7.54. The molecule has 1 N–H and O–H groups in total. The third-order valence-corrected chi connectivity index (χ3v) is 5.26. The van der Waals surface area contributed by atoms with Crippen LogP contribution in [0.2, 0.25) is 0 Å². The molecule has 4 heteroatoms. The van der Waals surface area contributed by atoms with Crippen molar-refractivity contribution in [3.05, 3.63) is 23.2 Å². The van der Waals surface area contributed by atoms with Crippen molar-refractivity contribution in [3.63, 3.8) is 0 Å². The summed E-state index contributed by atoms with van der Waals surface area (Å²) in [7, 11) is 0. The van der Waals surface area contributed by atoms with Gasteiger partial charge in [0.1, 0.15) is 17.4 Å². The van der Waals surface area contributed by atoms with Gasteiger partial charge in [-0.25, -0.2) is 4.98 Å². The lowest BCUT2D eigenvalue weighted by Crippen LogP contribution is -2.34. The van der Waals surface area contributed by atoms with Gasteiger partial charge >= 0.3 is 0 Å². The van der Waals surface area contributed by atoms with Crippen LogP contribution in [0.5, 0.6) is 5.75 Å². The maximum Gasteiger partial charge on any atom is 0.146 e. The molecule has 20 heavy (non-hydrogen) atoms. The lowest BCUT2D eigenvalue weighted by Gasteiger charge is -2.23. The van der Waals surface area contributed by atoms with Crippen LogP contribution in [0.1, 0.15) is 44.0 Å². The topological polar surface area (TPSA) is 34.1 Å². The monoisotopic (exact) mass is 290 g/mol. The second-order valence-electron chi connectivity index (χ2n) is 5.53. The summed E-state index contributed by atoms with van der Waals surface area (Å²) in [5.74, 6) is 1.49. The average Bonchev–Trinajstić information content (AvgIpc) is 2.93. The third kappa shape index (κ3) is 2.81. The standard InChI is InChI=1S/C16H22N2OS/c1-3-11(2)16-18-15-13(5-4-6-14(15)20-16)19-12-7-9-17-10-8-12/h4-6,11-12,17H,3,7-10H2,1-2H3. The number of para-hydroxylation sites is 1. The zero-order valence-corrected chi connectivity index (χ0v) is 13.0. The molecule has 1 aromatic heterocycles. The predicted octanol–water partition coefficient (Wildman–Crippen LogP) is 3.94. The van der Waals surface area contributed by atoms with Crippen LogP contribution in [0.3, 0.4) is 0 Å².